The van der Waals surface area contributed by atoms with Gasteiger partial charge in [0.1, 0.15) is 5.82 Å². The third-order valence-electron chi connectivity index (χ3n) is 3.19. The zero-order valence-electron chi connectivity index (χ0n) is 10.0. The van der Waals surface area contributed by atoms with Crippen molar-refractivity contribution >= 4 is 5.57 Å². The molecule has 0 fully saturated rings. The van der Waals surface area contributed by atoms with E-state index in [1.165, 1.54) is 22.8 Å². The Morgan fingerprint density at radius 2 is 2.19 bits per heavy atom. The van der Waals surface area contributed by atoms with Crippen molar-refractivity contribution in [1.29, 1.82) is 0 Å². The molecule has 0 spiro atoms. The Labute approximate surface area is 95.9 Å². The van der Waals surface area contributed by atoms with Gasteiger partial charge in [-0.15, -0.1) is 0 Å². The summed E-state index contributed by atoms with van der Waals surface area (Å²) in [6, 6.07) is 5.07. The highest BCUT2D eigenvalue weighted by atomic mass is 19.1. The maximum atomic E-state index is 13.3. The van der Waals surface area contributed by atoms with Gasteiger partial charge < -0.3 is 4.74 Å². The standard InChI is InChI=1S/C14H17FO/c1-9-6-11-4-5-12(15)7-13(11)14(9)10(2)8-16-3/h4-5,7,10H,6,8H2,1-3H3. The molecule has 0 saturated carbocycles. The second-order valence-electron chi connectivity index (χ2n) is 4.53. The average Bonchev–Trinajstić information content (AvgIpc) is 2.53. The van der Waals surface area contributed by atoms with Crippen LogP contribution in [0, 0.1) is 11.7 Å². The number of methoxy groups -OCH3 is 1. The lowest BCUT2D eigenvalue weighted by Gasteiger charge is -2.15. The predicted molar refractivity (Wildman–Crippen MR) is 63.7 cm³/mol. The number of halogens is 1. The van der Waals surface area contributed by atoms with E-state index in [4.69, 9.17) is 4.74 Å². The van der Waals surface area contributed by atoms with E-state index in [1.54, 1.807) is 13.2 Å². The first-order valence-electron chi connectivity index (χ1n) is 5.61. The summed E-state index contributed by atoms with van der Waals surface area (Å²) in [6.07, 6.45) is 0.943. The quantitative estimate of drug-likeness (QED) is 0.758. The second kappa shape index (κ2) is 4.38. The lowest BCUT2D eigenvalue weighted by atomic mass is 9.94. The Bertz CT molecular complexity index is 434. The molecule has 0 radical (unpaired) electrons. The first kappa shape index (κ1) is 11.3. The van der Waals surface area contributed by atoms with Crippen LogP contribution >= 0.6 is 0 Å². The molecular weight excluding hydrogens is 203 g/mol. The van der Waals surface area contributed by atoms with Crippen LogP contribution in [-0.2, 0) is 11.2 Å². The fraction of sp³-hybridized carbons (Fsp3) is 0.429. The molecule has 0 amide bonds. The summed E-state index contributed by atoms with van der Waals surface area (Å²) in [6.45, 7) is 4.93. The summed E-state index contributed by atoms with van der Waals surface area (Å²) < 4.78 is 18.4. The van der Waals surface area contributed by atoms with Crippen molar-refractivity contribution < 1.29 is 9.13 Å². The Hall–Kier alpha value is -1.15. The Morgan fingerprint density at radius 1 is 1.44 bits per heavy atom. The minimum Gasteiger partial charge on any atom is -0.384 e. The van der Waals surface area contributed by atoms with Crippen molar-refractivity contribution in [2.24, 2.45) is 5.92 Å². The molecule has 0 N–H and O–H groups in total. The zero-order chi connectivity index (χ0) is 11.7. The first-order valence-corrected chi connectivity index (χ1v) is 5.61. The SMILES string of the molecule is COCC(C)C1=C(C)Cc2ccc(F)cc21. The van der Waals surface area contributed by atoms with Crippen LogP contribution in [0.1, 0.15) is 25.0 Å². The van der Waals surface area contributed by atoms with Crippen LogP contribution in [0.2, 0.25) is 0 Å². The van der Waals surface area contributed by atoms with E-state index in [0.717, 1.165) is 12.0 Å². The van der Waals surface area contributed by atoms with Crippen molar-refractivity contribution in [3.05, 3.63) is 40.7 Å². The number of rotatable bonds is 3. The Kier molecular flexibility index (Phi) is 3.10. The second-order valence-corrected chi connectivity index (χ2v) is 4.53. The Morgan fingerprint density at radius 3 is 2.88 bits per heavy atom. The largest absolute Gasteiger partial charge is 0.384 e. The molecule has 0 saturated heterocycles. The minimum absolute atomic E-state index is 0.157. The van der Waals surface area contributed by atoms with Gasteiger partial charge in [-0.3, -0.25) is 0 Å². The molecule has 1 aliphatic rings. The van der Waals surface area contributed by atoms with Crippen molar-refractivity contribution in [2.45, 2.75) is 20.3 Å². The molecule has 1 nitrogen and oxygen atoms in total. The smallest absolute Gasteiger partial charge is 0.123 e. The average molecular weight is 220 g/mol. The molecule has 86 valence electrons. The summed E-state index contributed by atoms with van der Waals surface area (Å²) >= 11 is 0. The van der Waals surface area contributed by atoms with Crippen molar-refractivity contribution in [3.63, 3.8) is 0 Å². The van der Waals surface area contributed by atoms with Crippen LogP contribution in [0.25, 0.3) is 5.57 Å². The van der Waals surface area contributed by atoms with Gasteiger partial charge in [-0.1, -0.05) is 18.6 Å². The first-order chi connectivity index (χ1) is 7.63. The highest BCUT2D eigenvalue weighted by molar-refractivity contribution is 5.77. The van der Waals surface area contributed by atoms with Crippen molar-refractivity contribution in [1.82, 2.24) is 0 Å². The van der Waals surface area contributed by atoms with Gasteiger partial charge >= 0.3 is 0 Å². The topological polar surface area (TPSA) is 9.23 Å². The fourth-order valence-electron chi connectivity index (χ4n) is 2.58. The maximum Gasteiger partial charge on any atom is 0.123 e. The van der Waals surface area contributed by atoms with E-state index in [1.807, 2.05) is 6.07 Å². The third-order valence-corrected chi connectivity index (χ3v) is 3.19. The number of hydrogen-bond donors (Lipinski definition) is 0. The maximum absolute atomic E-state index is 13.3. The monoisotopic (exact) mass is 220 g/mol. The Balaban J connectivity index is 2.40. The molecule has 0 heterocycles. The van der Waals surface area contributed by atoms with Crippen LogP contribution in [0.3, 0.4) is 0 Å². The van der Waals surface area contributed by atoms with Gasteiger partial charge in [-0.25, -0.2) is 4.39 Å². The molecule has 0 bridgehead atoms. The zero-order valence-corrected chi connectivity index (χ0v) is 10.0. The molecule has 1 aromatic carbocycles. The molecule has 2 heteroatoms. The van der Waals surface area contributed by atoms with Crippen LogP contribution in [0.5, 0.6) is 0 Å². The van der Waals surface area contributed by atoms with Crippen molar-refractivity contribution in [3.8, 4) is 0 Å². The summed E-state index contributed by atoms with van der Waals surface area (Å²) in [5, 5.41) is 0. The molecular formula is C14H17FO. The van der Waals surface area contributed by atoms with Gasteiger partial charge in [0.05, 0.1) is 6.61 Å². The van der Waals surface area contributed by atoms with Gasteiger partial charge in [0.15, 0.2) is 0 Å². The highest BCUT2D eigenvalue weighted by Gasteiger charge is 2.23. The molecule has 16 heavy (non-hydrogen) atoms. The summed E-state index contributed by atoms with van der Waals surface area (Å²) in [4.78, 5) is 0. The predicted octanol–water partition coefficient (Wildman–Crippen LogP) is 3.44. The van der Waals surface area contributed by atoms with E-state index in [-0.39, 0.29) is 5.82 Å². The lowest BCUT2D eigenvalue weighted by Crippen LogP contribution is -2.06. The highest BCUT2D eigenvalue weighted by Crippen LogP contribution is 2.37. The van der Waals surface area contributed by atoms with Gasteiger partial charge in [-0.2, -0.15) is 0 Å². The van der Waals surface area contributed by atoms with Crippen LogP contribution in [0.4, 0.5) is 4.39 Å². The number of hydrogen-bond acceptors (Lipinski definition) is 1. The van der Waals surface area contributed by atoms with E-state index in [2.05, 4.69) is 13.8 Å². The number of benzene rings is 1. The number of fused-ring (bicyclic) bond motifs is 1. The molecule has 0 aliphatic heterocycles. The molecule has 2 rings (SSSR count). The minimum atomic E-state index is -0.157. The van der Waals surface area contributed by atoms with Crippen molar-refractivity contribution in [2.75, 3.05) is 13.7 Å². The molecule has 0 aromatic heterocycles. The van der Waals surface area contributed by atoms with Gasteiger partial charge in [0, 0.05) is 13.0 Å². The van der Waals surface area contributed by atoms with Crippen LogP contribution < -0.4 is 0 Å². The van der Waals surface area contributed by atoms with E-state index < -0.39 is 0 Å². The number of ether oxygens (including phenoxy) is 1. The molecule has 1 unspecified atom stereocenters. The summed E-state index contributed by atoms with van der Waals surface area (Å²) in [5.74, 6) is 0.170. The van der Waals surface area contributed by atoms with Crippen LogP contribution in [-0.4, -0.2) is 13.7 Å². The summed E-state index contributed by atoms with van der Waals surface area (Å²) in [7, 11) is 1.70. The summed E-state index contributed by atoms with van der Waals surface area (Å²) in [5.41, 5.74) is 4.90. The van der Waals surface area contributed by atoms with Gasteiger partial charge in [0.25, 0.3) is 0 Å². The van der Waals surface area contributed by atoms with Gasteiger partial charge in [0.2, 0.25) is 0 Å². The van der Waals surface area contributed by atoms with E-state index in [9.17, 15) is 4.39 Å². The van der Waals surface area contributed by atoms with Gasteiger partial charge in [-0.05, 0) is 42.2 Å². The third kappa shape index (κ3) is 1.90. The molecule has 1 aliphatic carbocycles. The van der Waals surface area contributed by atoms with E-state index in [0.29, 0.717) is 12.5 Å². The molecule has 1 atom stereocenters. The number of allylic oxidation sites excluding steroid dienone is 1. The lowest BCUT2D eigenvalue weighted by molar-refractivity contribution is 0.179. The fourth-order valence-corrected chi connectivity index (χ4v) is 2.58. The molecule has 1 aromatic rings. The normalized spacial score (nSPS) is 16.5. The van der Waals surface area contributed by atoms with E-state index >= 15 is 0 Å². The van der Waals surface area contributed by atoms with Crippen LogP contribution in [0.15, 0.2) is 23.8 Å².